The van der Waals surface area contributed by atoms with Crippen LogP contribution in [0.5, 0.6) is 0 Å². The Kier molecular flexibility index (Phi) is 3.36. The number of nitrogens with zero attached hydrogens (tertiary/aromatic N) is 1. The Morgan fingerprint density at radius 1 is 1.47 bits per heavy atom. The molecule has 1 aromatic carbocycles. The van der Waals surface area contributed by atoms with Crippen LogP contribution in [-0.4, -0.2) is 9.97 Å². The molecule has 0 unspecified atom stereocenters. The van der Waals surface area contributed by atoms with E-state index < -0.39 is 0 Å². The number of hydrogen-bond acceptors (Lipinski definition) is 3. The Hall–Kier alpha value is -1.07. The van der Waals surface area contributed by atoms with E-state index in [0.29, 0.717) is 10.9 Å². The molecular formula is C9H9BrClN3O. The van der Waals surface area contributed by atoms with Gasteiger partial charge in [0, 0.05) is 4.47 Å². The summed E-state index contributed by atoms with van der Waals surface area (Å²) in [7, 11) is 0. The van der Waals surface area contributed by atoms with Crippen LogP contribution in [0.2, 0.25) is 0 Å². The lowest BCUT2D eigenvalue weighted by Gasteiger charge is -2.02. The number of benzene rings is 1. The number of anilines is 1. The number of nitrogen functional groups attached to an aromatic ring is 1. The SMILES string of the molecule is Cc1ccc2nc(N)[nH]c(=O)c2c1Br.Cl. The Labute approximate surface area is 100 Å². The van der Waals surface area contributed by atoms with Gasteiger partial charge in [-0.05, 0) is 34.5 Å². The number of aryl methyl sites for hydroxylation is 1. The van der Waals surface area contributed by atoms with Crippen molar-refractivity contribution in [2.75, 3.05) is 5.73 Å². The second-order valence-electron chi connectivity index (χ2n) is 3.04. The molecule has 80 valence electrons. The number of hydrogen-bond donors (Lipinski definition) is 2. The number of H-pyrrole nitrogens is 1. The maximum atomic E-state index is 11.6. The van der Waals surface area contributed by atoms with Gasteiger partial charge in [0.25, 0.3) is 5.56 Å². The first-order valence-electron chi connectivity index (χ1n) is 4.04. The van der Waals surface area contributed by atoms with Crippen molar-refractivity contribution in [2.45, 2.75) is 6.92 Å². The second kappa shape index (κ2) is 4.20. The molecule has 0 saturated carbocycles. The molecule has 0 bridgehead atoms. The lowest BCUT2D eigenvalue weighted by molar-refractivity contribution is 1.18. The predicted molar refractivity (Wildman–Crippen MR) is 66.5 cm³/mol. The van der Waals surface area contributed by atoms with Crippen LogP contribution in [0.1, 0.15) is 5.56 Å². The summed E-state index contributed by atoms with van der Waals surface area (Å²) in [4.78, 5) is 18.1. The predicted octanol–water partition coefficient (Wildman–Crippen LogP) is 2.00. The molecule has 1 aromatic heterocycles. The fourth-order valence-corrected chi connectivity index (χ4v) is 1.83. The van der Waals surface area contributed by atoms with Gasteiger partial charge in [-0.3, -0.25) is 9.78 Å². The fourth-order valence-electron chi connectivity index (χ4n) is 1.32. The first-order chi connectivity index (χ1) is 6.59. The standard InChI is InChI=1S/C9H8BrN3O.ClH/c1-4-2-3-5-6(7(4)10)8(14)13-9(11)12-5;/h2-3H,1H3,(H3,11,12,13,14);1H. The van der Waals surface area contributed by atoms with E-state index in [-0.39, 0.29) is 23.9 Å². The molecule has 3 N–H and O–H groups in total. The highest BCUT2D eigenvalue weighted by Gasteiger charge is 2.07. The van der Waals surface area contributed by atoms with Gasteiger partial charge in [0.15, 0.2) is 0 Å². The molecule has 2 aromatic rings. The van der Waals surface area contributed by atoms with Crippen molar-refractivity contribution in [2.24, 2.45) is 0 Å². The number of halogens is 2. The van der Waals surface area contributed by atoms with Crippen LogP contribution in [0.3, 0.4) is 0 Å². The zero-order valence-corrected chi connectivity index (χ0v) is 10.3. The number of aromatic amines is 1. The Morgan fingerprint density at radius 2 is 2.13 bits per heavy atom. The molecule has 0 saturated heterocycles. The minimum absolute atomic E-state index is 0. The summed E-state index contributed by atoms with van der Waals surface area (Å²) in [6.45, 7) is 1.92. The van der Waals surface area contributed by atoms with E-state index in [1.165, 1.54) is 0 Å². The van der Waals surface area contributed by atoms with E-state index in [1.54, 1.807) is 6.07 Å². The van der Waals surface area contributed by atoms with Gasteiger partial charge in [-0.1, -0.05) is 6.07 Å². The molecule has 1 heterocycles. The van der Waals surface area contributed by atoms with Gasteiger partial charge >= 0.3 is 0 Å². The van der Waals surface area contributed by atoms with E-state index >= 15 is 0 Å². The Balaban J connectivity index is 0.00000112. The molecule has 0 amide bonds. The van der Waals surface area contributed by atoms with Crippen molar-refractivity contribution in [1.82, 2.24) is 9.97 Å². The molecule has 15 heavy (non-hydrogen) atoms. The third-order valence-electron chi connectivity index (χ3n) is 2.02. The highest BCUT2D eigenvalue weighted by Crippen LogP contribution is 2.23. The lowest BCUT2D eigenvalue weighted by Crippen LogP contribution is -2.11. The summed E-state index contributed by atoms with van der Waals surface area (Å²) in [6, 6.07) is 3.67. The van der Waals surface area contributed by atoms with Crippen molar-refractivity contribution in [3.8, 4) is 0 Å². The molecule has 4 nitrogen and oxygen atoms in total. The molecule has 0 radical (unpaired) electrons. The minimum Gasteiger partial charge on any atom is -0.369 e. The van der Waals surface area contributed by atoms with Gasteiger partial charge in [0.1, 0.15) is 0 Å². The van der Waals surface area contributed by atoms with Crippen LogP contribution in [0.25, 0.3) is 10.9 Å². The van der Waals surface area contributed by atoms with Crippen molar-refractivity contribution in [3.05, 3.63) is 32.5 Å². The lowest BCUT2D eigenvalue weighted by atomic mass is 10.2. The first-order valence-corrected chi connectivity index (χ1v) is 4.83. The van der Waals surface area contributed by atoms with Crippen LogP contribution >= 0.6 is 28.3 Å². The van der Waals surface area contributed by atoms with E-state index in [0.717, 1.165) is 10.0 Å². The summed E-state index contributed by atoms with van der Waals surface area (Å²) < 4.78 is 0.767. The van der Waals surface area contributed by atoms with Crippen molar-refractivity contribution < 1.29 is 0 Å². The molecule has 0 spiro atoms. The number of nitrogens with one attached hydrogen (secondary N) is 1. The normalized spacial score (nSPS) is 10.0. The molecule has 0 fully saturated rings. The van der Waals surface area contributed by atoms with Crippen LogP contribution < -0.4 is 11.3 Å². The van der Waals surface area contributed by atoms with Gasteiger partial charge in [-0.2, -0.15) is 0 Å². The molecule has 6 heteroatoms. The monoisotopic (exact) mass is 289 g/mol. The van der Waals surface area contributed by atoms with Gasteiger partial charge in [0.05, 0.1) is 10.9 Å². The Bertz CT molecular complexity index is 567. The van der Waals surface area contributed by atoms with Crippen molar-refractivity contribution >= 4 is 45.2 Å². The minimum atomic E-state index is -0.219. The fraction of sp³-hybridized carbons (Fsp3) is 0.111. The number of fused-ring (bicyclic) bond motifs is 1. The van der Waals surface area contributed by atoms with Gasteiger partial charge in [-0.25, -0.2) is 4.98 Å². The number of rotatable bonds is 0. The molecule has 0 atom stereocenters. The number of aromatic nitrogens is 2. The second-order valence-corrected chi connectivity index (χ2v) is 3.83. The molecule has 0 aliphatic rings. The molecule has 0 aliphatic carbocycles. The van der Waals surface area contributed by atoms with Gasteiger partial charge in [0.2, 0.25) is 5.95 Å². The van der Waals surface area contributed by atoms with Crippen molar-refractivity contribution in [1.29, 1.82) is 0 Å². The van der Waals surface area contributed by atoms with Gasteiger partial charge < -0.3 is 5.73 Å². The highest BCUT2D eigenvalue weighted by atomic mass is 79.9. The van der Waals surface area contributed by atoms with E-state index in [4.69, 9.17) is 5.73 Å². The Morgan fingerprint density at radius 3 is 2.80 bits per heavy atom. The summed E-state index contributed by atoms with van der Waals surface area (Å²) in [5.74, 6) is 0.137. The molecular weight excluding hydrogens is 281 g/mol. The average molecular weight is 291 g/mol. The smallest absolute Gasteiger partial charge is 0.261 e. The van der Waals surface area contributed by atoms with E-state index in [9.17, 15) is 4.79 Å². The highest BCUT2D eigenvalue weighted by molar-refractivity contribution is 9.10. The van der Waals surface area contributed by atoms with Crippen molar-refractivity contribution in [3.63, 3.8) is 0 Å². The third-order valence-corrected chi connectivity index (χ3v) is 3.04. The van der Waals surface area contributed by atoms with E-state index in [1.807, 2.05) is 13.0 Å². The summed E-state index contributed by atoms with van der Waals surface area (Å²) >= 11 is 3.36. The summed E-state index contributed by atoms with van der Waals surface area (Å²) in [5, 5.41) is 0.541. The maximum Gasteiger partial charge on any atom is 0.261 e. The summed E-state index contributed by atoms with van der Waals surface area (Å²) in [6.07, 6.45) is 0. The van der Waals surface area contributed by atoms with Crippen LogP contribution in [0, 0.1) is 6.92 Å². The molecule has 0 aliphatic heterocycles. The quantitative estimate of drug-likeness (QED) is 0.779. The zero-order chi connectivity index (χ0) is 10.3. The van der Waals surface area contributed by atoms with Crippen LogP contribution in [0.15, 0.2) is 21.4 Å². The van der Waals surface area contributed by atoms with Crippen LogP contribution in [-0.2, 0) is 0 Å². The number of nitrogens with two attached hydrogens (primary N) is 1. The van der Waals surface area contributed by atoms with Crippen LogP contribution in [0.4, 0.5) is 5.95 Å². The maximum absolute atomic E-state index is 11.6. The average Bonchev–Trinajstić information content (AvgIpc) is 2.10. The third kappa shape index (κ3) is 1.98. The zero-order valence-electron chi connectivity index (χ0n) is 7.87. The first kappa shape index (κ1) is 12.0. The van der Waals surface area contributed by atoms with Gasteiger partial charge in [-0.15, -0.1) is 12.4 Å². The topological polar surface area (TPSA) is 71.8 Å². The molecule has 2 rings (SSSR count). The summed E-state index contributed by atoms with van der Waals surface area (Å²) in [5.41, 5.74) is 6.81. The van der Waals surface area contributed by atoms with E-state index in [2.05, 4.69) is 25.9 Å². The largest absolute Gasteiger partial charge is 0.369 e.